The van der Waals surface area contributed by atoms with Gasteiger partial charge in [0.05, 0.1) is 13.2 Å². The van der Waals surface area contributed by atoms with Gasteiger partial charge in [0.2, 0.25) is 11.8 Å². The molecule has 1 fully saturated rings. The van der Waals surface area contributed by atoms with Gasteiger partial charge in [-0.05, 0) is 19.3 Å². The number of amides is 2. The predicted octanol–water partition coefficient (Wildman–Crippen LogP) is 1.49. The van der Waals surface area contributed by atoms with Gasteiger partial charge in [-0.2, -0.15) is 0 Å². The number of ether oxygens (including phenoxy) is 1. The number of rotatable bonds is 8. The third-order valence-corrected chi connectivity index (χ3v) is 3.86. The fourth-order valence-corrected chi connectivity index (χ4v) is 2.41. The normalized spacial score (nSPS) is 18.6. The Kier molecular flexibility index (Phi) is 6.71. The van der Waals surface area contributed by atoms with E-state index >= 15 is 0 Å². The van der Waals surface area contributed by atoms with E-state index in [0.717, 1.165) is 6.42 Å². The molecule has 1 heterocycles. The maximum Gasteiger partial charge on any atom is 0.248 e. The van der Waals surface area contributed by atoms with E-state index < -0.39 is 5.54 Å². The number of nitrogens with one attached hydrogen (secondary N) is 1. The highest BCUT2D eigenvalue weighted by Gasteiger charge is 2.41. The van der Waals surface area contributed by atoms with E-state index in [9.17, 15) is 9.59 Å². The van der Waals surface area contributed by atoms with Gasteiger partial charge in [-0.25, -0.2) is 0 Å². The van der Waals surface area contributed by atoms with Crippen LogP contribution in [0.4, 0.5) is 0 Å². The fourth-order valence-electron chi connectivity index (χ4n) is 2.41. The third kappa shape index (κ3) is 4.07. The standard InChI is InChI=1S/C15H26N2O3/c1-4-7-11-20-12-10-17-9-8-13(18)16-15(5-2,6-3)14(17)19/h4H,1,5-12H2,2-3H3,(H,16,18). The molecule has 0 saturated carbocycles. The third-order valence-electron chi connectivity index (χ3n) is 3.86. The molecule has 5 nitrogen and oxygen atoms in total. The number of carbonyl (C=O) groups is 2. The Bertz CT molecular complexity index is 351. The van der Waals surface area contributed by atoms with E-state index in [2.05, 4.69) is 11.9 Å². The van der Waals surface area contributed by atoms with Gasteiger partial charge in [0.25, 0.3) is 0 Å². The minimum Gasteiger partial charge on any atom is -0.379 e. The van der Waals surface area contributed by atoms with Crippen LogP contribution in [0, 0.1) is 0 Å². The molecule has 0 radical (unpaired) electrons. The van der Waals surface area contributed by atoms with Crippen molar-refractivity contribution in [3.8, 4) is 0 Å². The van der Waals surface area contributed by atoms with Crippen LogP contribution in [-0.2, 0) is 14.3 Å². The number of hydrogen-bond donors (Lipinski definition) is 1. The van der Waals surface area contributed by atoms with Gasteiger partial charge in [-0.1, -0.05) is 19.9 Å². The Labute approximate surface area is 121 Å². The Morgan fingerprint density at radius 3 is 2.65 bits per heavy atom. The maximum absolute atomic E-state index is 12.6. The largest absolute Gasteiger partial charge is 0.379 e. The topological polar surface area (TPSA) is 58.6 Å². The van der Waals surface area contributed by atoms with E-state index in [1.165, 1.54) is 0 Å². The molecule has 20 heavy (non-hydrogen) atoms. The predicted molar refractivity (Wildman–Crippen MR) is 78.3 cm³/mol. The summed E-state index contributed by atoms with van der Waals surface area (Å²) < 4.78 is 5.46. The first-order valence-corrected chi connectivity index (χ1v) is 7.38. The second kappa shape index (κ2) is 8.04. The van der Waals surface area contributed by atoms with Crippen molar-refractivity contribution in [2.75, 3.05) is 26.3 Å². The first-order chi connectivity index (χ1) is 9.59. The van der Waals surface area contributed by atoms with Crippen LogP contribution in [0.5, 0.6) is 0 Å². The first kappa shape index (κ1) is 16.7. The van der Waals surface area contributed by atoms with Crippen LogP contribution >= 0.6 is 0 Å². The second-order valence-electron chi connectivity index (χ2n) is 5.07. The molecular weight excluding hydrogens is 256 g/mol. The number of carbonyl (C=O) groups excluding carboxylic acids is 2. The highest BCUT2D eigenvalue weighted by molar-refractivity contribution is 5.93. The lowest BCUT2D eigenvalue weighted by Gasteiger charge is -2.33. The zero-order valence-corrected chi connectivity index (χ0v) is 12.6. The molecule has 1 aliphatic rings. The Morgan fingerprint density at radius 1 is 1.35 bits per heavy atom. The summed E-state index contributed by atoms with van der Waals surface area (Å²) in [5.41, 5.74) is -0.741. The van der Waals surface area contributed by atoms with Crippen molar-refractivity contribution >= 4 is 11.8 Å². The van der Waals surface area contributed by atoms with Gasteiger partial charge in [0.1, 0.15) is 5.54 Å². The zero-order valence-electron chi connectivity index (χ0n) is 12.6. The van der Waals surface area contributed by atoms with Crippen LogP contribution in [0.1, 0.15) is 39.5 Å². The number of nitrogens with zero attached hydrogens (tertiary/aromatic N) is 1. The molecule has 1 N–H and O–H groups in total. The van der Waals surface area contributed by atoms with Crippen molar-refractivity contribution in [2.45, 2.75) is 45.1 Å². The van der Waals surface area contributed by atoms with Gasteiger partial charge in [-0.15, -0.1) is 6.58 Å². The van der Waals surface area contributed by atoms with E-state index in [-0.39, 0.29) is 11.8 Å². The zero-order chi connectivity index (χ0) is 15.0. The highest BCUT2D eigenvalue weighted by Crippen LogP contribution is 2.21. The van der Waals surface area contributed by atoms with Crippen molar-refractivity contribution in [1.29, 1.82) is 0 Å². The van der Waals surface area contributed by atoms with E-state index in [1.54, 1.807) is 11.0 Å². The Morgan fingerprint density at radius 2 is 2.05 bits per heavy atom. The van der Waals surface area contributed by atoms with Gasteiger partial charge in [-0.3, -0.25) is 9.59 Å². The van der Waals surface area contributed by atoms with Crippen molar-refractivity contribution < 1.29 is 14.3 Å². The molecule has 1 rings (SSSR count). The fraction of sp³-hybridized carbons (Fsp3) is 0.733. The summed E-state index contributed by atoms with van der Waals surface area (Å²) in [4.78, 5) is 26.2. The molecule has 2 amide bonds. The molecule has 1 aliphatic heterocycles. The molecule has 1 saturated heterocycles. The van der Waals surface area contributed by atoms with Crippen LogP contribution in [0.25, 0.3) is 0 Å². The summed E-state index contributed by atoms with van der Waals surface area (Å²) in [6.45, 7) is 9.63. The molecule has 5 heteroatoms. The van der Waals surface area contributed by atoms with Gasteiger partial charge in [0.15, 0.2) is 0 Å². The molecule has 0 aromatic rings. The molecular formula is C15H26N2O3. The maximum atomic E-state index is 12.6. The smallest absolute Gasteiger partial charge is 0.248 e. The molecule has 0 aliphatic carbocycles. The Hall–Kier alpha value is -1.36. The highest BCUT2D eigenvalue weighted by atomic mass is 16.5. The molecule has 0 spiro atoms. The summed E-state index contributed by atoms with van der Waals surface area (Å²) in [5.74, 6) is -0.0298. The molecule has 114 valence electrons. The molecule has 0 unspecified atom stereocenters. The summed E-state index contributed by atoms with van der Waals surface area (Å²) in [5, 5.41) is 2.90. The lowest BCUT2D eigenvalue weighted by atomic mass is 9.91. The quantitative estimate of drug-likeness (QED) is 0.542. The summed E-state index contributed by atoms with van der Waals surface area (Å²) in [6.07, 6.45) is 4.20. The van der Waals surface area contributed by atoms with Gasteiger partial charge in [0, 0.05) is 19.5 Å². The van der Waals surface area contributed by atoms with Crippen molar-refractivity contribution in [1.82, 2.24) is 10.2 Å². The van der Waals surface area contributed by atoms with Crippen LogP contribution in [0.2, 0.25) is 0 Å². The van der Waals surface area contributed by atoms with Crippen LogP contribution in [-0.4, -0.2) is 48.6 Å². The van der Waals surface area contributed by atoms with Crippen LogP contribution < -0.4 is 5.32 Å². The molecule has 0 atom stereocenters. The lowest BCUT2D eigenvalue weighted by molar-refractivity contribution is -0.139. The summed E-state index contributed by atoms with van der Waals surface area (Å²) >= 11 is 0. The van der Waals surface area contributed by atoms with E-state index in [4.69, 9.17) is 4.74 Å². The average Bonchev–Trinajstić information content (AvgIpc) is 2.58. The Balaban J connectivity index is 2.63. The molecule has 0 aromatic carbocycles. The minimum absolute atomic E-state index is 0.0145. The SMILES string of the molecule is C=CCCOCCN1CCC(=O)NC(CC)(CC)C1=O. The monoisotopic (exact) mass is 282 g/mol. The second-order valence-corrected chi connectivity index (χ2v) is 5.07. The minimum atomic E-state index is -0.741. The lowest BCUT2D eigenvalue weighted by Crippen LogP contribution is -2.56. The number of hydrogen-bond acceptors (Lipinski definition) is 3. The van der Waals surface area contributed by atoms with Crippen molar-refractivity contribution in [3.05, 3.63) is 12.7 Å². The molecule has 0 aromatic heterocycles. The van der Waals surface area contributed by atoms with Crippen molar-refractivity contribution in [2.24, 2.45) is 0 Å². The average molecular weight is 282 g/mol. The summed E-state index contributed by atoms with van der Waals surface area (Å²) in [6, 6.07) is 0. The van der Waals surface area contributed by atoms with Gasteiger partial charge >= 0.3 is 0 Å². The van der Waals surface area contributed by atoms with Crippen LogP contribution in [0.3, 0.4) is 0 Å². The summed E-state index contributed by atoms with van der Waals surface area (Å²) in [7, 11) is 0. The van der Waals surface area contributed by atoms with Crippen molar-refractivity contribution in [3.63, 3.8) is 0 Å². The first-order valence-electron chi connectivity index (χ1n) is 7.38. The van der Waals surface area contributed by atoms with Crippen LogP contribution in [0.15, 0.2) is 12.7 Å². The van der Waals surface area contributed by atoms with E-state index in [1.807, 2.05) is 13.8 Å². The van der Waals surface area contributed by atoms with E-state index in [0.29, 0.717) is 45.6 Å². The van der Waals surface area contributed by atoms with Gasteiger partial charge < -0.3 is 15.0 Å². The molecule has 0 bridgehead atoms.